The monoisotopic (exact) mass is 323 g/mol. The van der Waals surface area contributed by atoms with Crippen LogP contribution < -0.4 is 40.1 Å². The van der Waals surface area contributed by atoms with Gasteiger partial charge in [-0.25, -0.2) is 0 Å². The summed E-state index contributed by atoms with van der Waals surface area (Å²) < 4.78 is 0. The first-order valence-corrected chi connectivity index (χ1v) is 6.41. The summed E-state index contributed by atoms with van der Waals surface area (Å²) >= 11 is 3.22. The minimum atomic E-state index is -0.0304. The van der Waals surface area contributed by atoms with Gasteiger partial charge in [0.2, 0.25) is 5.91 Å². The van der Waals surface area contributed by atoms with Crippen LogP contribution in [-0.2, 0) is 16.3 Å². The predicted octanol–water partition coefficient (Wildman–Crippen LogP) is -1.18. The Morgan fingerprint density at radius 3 is 2.61 bits per heavy atom. The first-order chi connectivity index (χ1) is 8.08. The number of halogens is 1. The summed E-state index contributed by atoms with van der Waals surface area (Å²) in [5, 5.41) is 13.6. The van der Waals surface area contributed by atoms with Crippen molar-refractivity contribution in [2.75, 3.05) is 10.6 Å². The number of carbonyl (C=O) groups is 1. The number of hydrogen-bond acceptors (Lipinski definition) is 3. The molecular formula is C12H15BrNNaO3. The number of amides is 1. The summed E-state index contributed by atoms with van der Waals surface area (Å²) in [6.07, 6.45) is 0.434. The van der Waals surface area contributed by atoms with Gasteiger partial charge in [-0.15, -0.1) is 0 Å². The van der Waals surface area contributed by atoms with Gasteiger partial charge < -0.3 is 15.5 Å². The maximum absolute atomic E-state index is 11.5. The summed E-state index contributed by atoms with van der Waals surface area (Å²) in [7, 11) is 0. The van der Waals surface area contributed by atoms with Crippen LogP contribution >= 0.6 is 15.9 Å². The third-order valence-corrected chi connectivity index (χ3v) is 2.89. The fourth-order valence-corrected chi connectivity index (χ4v) is 1.89. The van der Waals surface area contributed by atoms with Crippen LogP contribution in [0.5, 0.6) is 0 Å². The molecule has 0 fully saturated rings. The molecular weight excluding hydrogens is 309 g/mol. The summed E-state index contributed by atoms with van der Waals surface area (Å²) in [6, 6.07) is 3.72. The van der Waals surface area contributed by atoms with Crippen molar-refractivity contribution >= 4 is 27.5 Å². The van der Waals surface area contributed by atoms with Crippen molar-refractivity contribution in [1.82, 2.24) is 0 Å². The Hall–Kier alpha value is 0.0900. The van der Waals surface area contributed by atoms with Gasteiger partial charge in [0.1, 0.15) is 0 Å². The molecule has 1 amide bonds. The Bertz CT molecular complexity index is 413. The van der Waals surface area contributed by atoms with Gasteiger partial charge in [-0.1, -0.05) is 22.0 Å². The molecule has 0 bridgehead atoms. The molecule has 0 unspecified atom stereocenters. The molecule has 0 saturated heterocycles. The Balaban J connectivity index is 0.00000289. The smallest absolute Gasteiger partial charge is 0.723 e. The van der Waals surface area contributed by atoms with E-state index in [4.69, 9.17) is 0 Å². The van der Waals surface area contributed by atoms with E-state index in [0.717, 1.165) is 22.4 Å². The summed E-state index contributed by atoms with van der Waals surface area (Å²) in [6.45, 7) is 3.81. The normalized spacial score (nSPS) is 9.78. The zero-order valence-electron chi connectivity index (χ0n) is 10.9. The van der Waals surface area contributed by atoms with E-state index in [1.54, 1.807) is 0 Å². The largest absolute Gasteiger partial charge is 1.00 e. The average molecular weight is 324 g/mol. The molecule has 0 spiro atoms. The first-order valence-electron chi connectivity index (χ1n) is 5.29. The number of benzene rings is 1. The molecule has 0 heterocycles. The summed E-state index contributed by atoms with van der Waals surface area (Å²) in [4.78, 5) is 15.4. The molecule has 94 valence electrons. The van der Waals surface area contributed by atoms with Crippen LogP contribution in [0.25, 0.3) is 0 Å². The maximum atomic E-state index is 11.5. The third-order valence-electron chi connectivity index (χ3n) is 2.49. The Labute approximate surface area is 137 Å². The average Bonchev–Trinajstić information content (AvgIpc) is 2.26. The van der Waals surface area contributed by atoms with Crippen LogP contribution in [0.15, 0.2) is 12.1 Å². The van der Waals surface area contributed by atoms with Gasteiger partial charge in [0.05, 0.1) is 6.61 Å². The van der Waals surface area contributed by atoms with E-state index in [9.17, 15) is 10.1 Å². The van der Waals surface area contributed by atoms with Gasteiger partial charge in [-0.05, 0) is 36.6 Å². The molecule has 1 rings (SSSR count). The van der Waals surface area contributed by atoms with E-state index in [-0.39, 0.29) is 42.1 Å². The molecule has 0 aliphatic heterocycles. The number of anilines is 1. The molecule has 1 N–H and O–H groups in total. The summed E-state index contributed by atoms with van der Waals surface area (Å²) in [5.74, 6) is -0.0304. The maximum Gasteiger partial charge on any atom is 1.00 e. The zero-order valence-corrected chi connectivity index (χ0v) is 14.5. The number of nitrogens with one attached hydrogen (secondary N) is 1. The summed E-state index contributed by atoms with van der Waals surface area (Å²) in [5.41, 5.74) is 3.48. The van der Waals surface area contributed by atoms with Crippen molar-refractivity contribution in [2.45, 2.75) is 26.9 Å². The van der Waals surface area contributed by atoms with E-state index >= 15 is 0 Å². The quantitative estimate of drug-likeness (QED) is 0.321. The van der Waals surface area contributed by atoms with Crippen LogP contribution in [0.1, 0.15) is 23.1 Å². The van der Waals surface area contributed by atoms with Crippen molar-refractivity contribution in [3.8, 4) is 0 Å². The second-order valence-electron chi connectivity index (χ2n) is 3.84. The Kier molecular flexibility index (Phi) is 9.11. The first kappa shape index (κ1) is 18.1. The van der Waals surface area contributed by atoms with E-state index in [2.05, 4.69) is 26.1 Å². The van der Waals surface area contributed by atoms with Crippen molar-refractivity contribution in [1.29, 1.82) is 0 Å². The molecule has 0 aromatic heterocycles. The van der Waals surface area contributed by atoms with E-state index in [1.165, 1.54) is 0 Å². The number of rotatable bonds is 5. The molecule has 6 heteroatoms. The van der Waals surface area contributed by atoms with Crippen molar-refractivity contribution in [3.05, 3.63) is 28.8 Å². The second-order valence-corrected chi connectivity index (χ2v) is 4.64. The molecule has 0 atom stereocenters. The molecule has 0 saturated carbocycles. The number of alkyl halides is 1. The standard InChI is InChI=1S/C12H16BrNO3.Na/c1-8-6-11(14-12(15)3-4-13)9(2)5-10(8)7-17-16;/h5-6,16H,3-4,7H2,1-2H3,(H,14,15);/q;+1/p-1. The Morgan fingerprint density at radius 2 is 2.06 bits per heavy atom. The van der Waals surface area contributed by atoms with E-state index in [0.29, 0.717) is 11.8 Å². The van der Waals surface area contributed by atoms with Crippen molar-refractivity contribution in [3.63, 3.8) is 0 Å². The predicted molar refractivity (Wildman–Crippen MR) is 67.7 cm³/mol. The van der Waals surface area contributed by atoms with Crippen LogP contribution in [0.4, 0.5) is 5.69 Å². The number of hydrogen-bond donors (Lipinski definition) is 1. The van der Waals surface area contributed by atoms with Crippen LogP contribution in [0.2, 0.25) is 0 Å². The van der Waals surface area contributed by atoms with Gasteiger partial charge in [-0.3, -0.25) is 4.79 Å². The SMILES string of the molecule is Cc1cc(NC(=O)CCBr)c(C)cc1CO[O-].[Na+]. The number of carbonyl (C=O) groups excluding carboxylic acids is 1. The molecule has 1 aromatic rings. The Morgan fingerprint density at radius 1 is 1.39 bits per heavy atom. The van der Waals surface area contributed by atoms with Gasteiger partial charge in [0, 0.05) is 17.4 Å². The van der Waals surface area contributed by atoms with Crippen LogP contribution in [0, 0.1) is 13.8 Å². The molecule has 4 nitrogen and oxygen atoms in total. The van der Waals surface area contributed by atoms with Gasteiger partial charge in [0.25, 0.3) is 0 Å². The molecule has 0 aliphatic rings. The zero-order chi connectivity index (χ0) is 12.8. The van der Waals surface area contributed by atoms with Gasteiger partial charge >= 0.3 is 29.6 Å². The van der Waals surface area contributed by atoms with Crippen molar-refractivity contribution < 1.29 is 44.5 Å². The van der Waals surface area contributed by atoms with Gasteiger partial charge in [-0.2, -0.15) is 0 Å². The fourth-order valence-electron chi connectivity index (χ4n) is 1.53. The minimum Gasteiger partial charge on any atom is -0.723 e. The molecule has 1 aromatic carbocycles. The minimum absolute atomic E-state index is 0. The van der Waals surface area contributed by atoms with Crippen LogP contribution in [-0.4, -0.2) is 11.2 Å². The molecule has 0 radical (unpaired) electrons. The topological polar surface area (TPSA) is 61.4 Å². The van der Waals surface area contributed by atoms with E-state index < -0.39 is 0 Å². The third kappa shape index (κ3) is 5.38. The van der Waals surface area contributed by atoms with Gasteiger partial charge in [0.15, 0.2) is 0 Å². The second kappa shape index (κ2) is 9.07. The van der Waals surface area contributed by atoms with Crippen molar-refractivity contribution in [2.24, 2.45) is 0 Å². The van der Waals surface area contributed by atoms with Crippen LogP contribution in [0.3, 0.4) is 0 Å². The fraction of sp³-hybridized carbons (Fsp3) is 0.417. The molecule has 18 heavy (non-hydrogen) atoms. The van der Waals surface area contributed by atoms with E-state index in [1.807, 2.05) is 26.0 Å². The number of aryl methyl sites for hydroxylation is 2. The molecule has 0 aliphatic carbocycles.